The highest BCUT2D eigenvalue weighted by molar-refractivity contribution is 5.66. The Balaban J connectivity index is 1.55. The average Bonchev–Trinajstić information content (AvgIpc) is 3.33. The minimum absolute atomic E-state index is 0.135. The number of allylic oxidation sites excluding steroid dienone is 2. The Bertz CT molecular complexity index is 941. The summed E-state index contributed by atoms with van der Waals surface area (Å²) in [5.41, 5.74) is 1.92. The molecule has 1 saturated carbocycles. The van der Waals surface area contributed by atoms with Crippen molar-refractivity contribution in [1.29, 1.82) is 0 Å². The van der Waals surface area contributed by atoms with E-state index in [0.29, 0.717) is 18.9 Å². The van der Waals surface area contributed by atoms with Crippen molar-refractivity contribution in [3.8, 4) is 0 Å². The number of carboxylic acids is 1. The van der Waals surface area contributed by atoms with Crippen LogP contribution in [-0.2, 0) is 14.9 Å². The molecular formula is C26H28FNO3. The third-order valence-electron chi connectivity index (χ3n) is 6.64. The summed E-state index contributed by atoms with van der Waals surface area (Å²) in [7, 11) is 0. The maximum atomic E-state index is 13.6. The molecule has 4 rings (SSSR count). The molecule has 0 unspecified atom stereocenters. The standard InChI is InChI=1S/C26H28FNO3/c27-20-12-10-19(11-13-20)26-17-24(31-18-26)22(15-14-21-7-5-6-16-28-21)23(26)8-3-1-2-4-9-25(29)30/h1,3,5-7,10-16,22-24H,2,4,8-9,17-18H2,(H,29,30)/b3-1-,15-14?/t22-,23-,24-,26-/m0/s1. The van der Waals surface area contributed by atoms with Crippen molar-refractivity contribution < 1.29 is 19.0 Å². The number of aromatic nitrogens is 1. The number of halogens is 1. The van der Waals surface area contributed by atoms with E-state index in [9.17, 15) is 9.18 Å². The van der Waals surface area contributed by atoms with E-state index in [-0.39, 0.29) is 29.7 Å². The minimum Gasteiger partial charge on any atom is -0.481 e. The Morgan fingerprint density at radius 3 is 2.81 bits per heavy atom. The van der Waals surface area contributed by atoms with Gasteiger partial charge in [-0.1, -0.05) is 36.4 Å². The number of hydrogen-bond donors (Lipinski definition) is 1. The maximum Gasteiger partial charge on any atom is 0.303 e. The molecule has 31 heavy (non-hydrogen) atoms. The normalized spacial score (nSPS) is 27.5. The van der Waals surface area contributed by atoms with Crippen molar-refractivity contribution in [2.45, 2.75) is 43.6 Å². The van der Waals surface area contributed by atoms with Crippen LogP contribution in [0.4, 0.5) is 4.39 Å². The van der Waals surface area contributed by atoms with Crippen LogP contribution < -0.4 is 0 Å². The van der Waals surface area contributed by atoms with E-state index in [1.54, 1.807) is 6.20 Å². The first-order chi connectivity index (χ1) is 15.1. The molecule has 5 heteroatoms. The molecule has 162 valence electrons. The van der Waals surface area contributed by atoms with Crippen molar-refractivity contribution in [3.63, 3.8) is 0 Å². The highest BCUT2D eigenvalue weighted by Crippen LogP contribution is 2.57. The summed E-state index contributed by atoms with van der Waals surface area (Å²) >= 11 is 0. The molecule has 0 amide bonds. The van der Waals surface area contributed by atoms with Crippen LogP contribution in [-0.4, -0.2) is 28.8 Å². The molecular weight excluding hydrogens is 393 g/mol. The van der Waals surface area contributed by atoms with Gasteiger partial charge in [0.25, 0.3) is 0 Å². The van der Waals surface area contributed by atoms with Gasteiger partial charge in [-0.05, 0) is 67.5 Å². The first-order valence-corrected chi connectivity index (χ1v) is 10.9. The number of fused-ring (bicyclic) bond motifs is 2. The Morgan fingerprint density at radius 1 is 1.23 bits per heavy atom. The number of unbranched alkanes of at least 4 members (excludes halogenated alkanes) is 1. The SMILES string of the molecule is O=C(O)CCC/C=C\C[C@H]1[C@H](C=Cc2ccccn2)[C@@H]2C[C@@]1(c1ccc(F)cc1)CO2. The van der Waals surface area contributed by atoms with Gasteiger partial charge < -0.3 is 9.84 Å². The number of pyridine rings is 1. The van der Waals surface area contributed by atoms with E-state index in [1.807, 2.05) is 30.3 Å². The zero-order chi connectivity index (χ0) is 21.7. The Labute approximate surface area is 182 Å². The number of hydrogen-bond acceptors (Lipinski definition) is 3. The fourth-order valence-corrected chi connectivity index (χ4v) is 5.12. The van der Waals surface area contributed by atoms with Gasteiger partial charge in [-0.2, -0.15) is 0 Å². The number of carbonyl (C=O) groups is 1. The number of rotatable bonds is 9. The lowest BCUT2D eigenvalue weighted by atomic mass is 9.69. The molecule has 1 N–H and O–H groups in total. The third-order valence-corrected chi connectivity index (χ3v) is 6.64. The molecule has 2 aliphatic rings. The van der Waals surface area contributed by atoms with Gasteiger partial charge in [0.1, 0.15) is 5.82 Å². The lowest BCUT2D eigenvalue weighted by Crippen LogP contribution is -2.39. The number of nitrogens with zero attached hydrogens (tertiary/aromatic N) is 1. The second kappa shape index (κ2) is 9.56. The lowest BCUT2D eigenvalue weighted by Gasteiger charge is -2.38. The van der Waals surface area contributed by atoms with Crippen LogP contribution in [0.1, 0.15) is 43.4 Å². The number of ether oxygens (including phenoxy) is 1. The zero-order valence-corrected chi connectivity index (χ0v) is 17.5. The molecule has 2 fully saturated rings. The van der Waals surface area contributed by atoms with Crippen molar-refractivity contribution in [2.75, 3.05) is 6.61 Å². The fraction of sp³-hybridized carbons (Fsp3) is 0.385. The highest BCUT2D eigenvalue weighted by Gasteiger charge is 2.58. The molecule has 1 aromatic carbocycles. The van der Waals surface area contributed by atoms with E-state index in [1.165, 1.54) is 12.1 Å². The van der Waals surface area contributed by atoms with Crippen LogP contribution in [0.15, 0.2) is 66.9 Å². The van der Waals surface area contributed by atoms with Crippen LogP contribution in [0.25, 0.3) is 6.08 Å². The quantitative estimate of drug-likeness (QED) is 0.435. The molecule has 0 spiro atoms. The molecule has 0 radical (unpaired) electrons. The van der Waals surface area contributed by atoms with Crippen molar-refractivity contribution in [3.05, 3.63) is 84.0 Å². The predicted octanol–water partition coefficient (Wildman–Crippen LogP) is 5.41. The summed E-state index contributed by atoms with van der Waals surface area (Å²) in [4.78, 5) is 15.1. The molecule has 2 heterocycles. The molecule has 2 bridgehead atoms. The van der Waals surface area contributed by atoms with Gasteiger partial charge in [0.05, 0.1) is 18.4 Å². The first-order valence-electron chi connectivity index (χ1n) is 10.9. The van der Waals surface area contributed by atoms with Gasteiger partial charge >= 0.3 is 5.97 Å². The molecule has 1 aliphatic heterocycles. The van der Waals surface area contributed by atoms with E-state index in [0.717, 1.165) is 30.5 Å². The van der Waals surface area contributed by atoms with Crippen LogP contribution in [0.2, 0.25) is 0 Å². The maximum absolute atomic E-state index is 13.6. The van der Waals surface area contributed by atoms with Gasteiger partial charge in [-0.25, -0.2) is 4.39 Å². The second-order valence-corrected chi connectivity index (χ2v) is 8.51. The lowest BCUT2D eigenvalue weighted by molar-refractivity contribution is -0.137. The molecule has 1 aliphatic carbocycles. The fourth-order valence-electron chi connectivity index (χ4n) is 5.12. The monoisotopic (exact) mass is 421 g/mol. The minimum atomic E-state index is -0.756. The smallest absolute Gasteiger partial charge is 0.303 e. The second-order valence-electron chi connectivity index (χ2n) is 8.51. The van der Waals surface area contributed by atoms with Gasteiger partial charge in [-0.3, -0.25) is 9.78 Å². The predicted molar refractivity (Wildman–Crippen MR) is 118 cm³/mol. The summed E-state index contributed by atoms with van der Waals surface area (Å²) in [5, 5.41) is 8.80. The van der Waals surface area contributed by atoms with E-state index >= 15 is 0 Å². The zero-order valence-electron chi connectivity index (χ0n) is 17.5. The van der Waals surface area contributed by atoms with Crippen LogP contribution in [0.5, 0.6) is 0 Å². The van der Waals surface area contributed by atoms with Crippen LogP contribution >= 0.6 is 0 Å². The van der Waals surface area contributed by atoms with E-state index in [2.05, 4.69) is 29.3 Å². The first kappa shape index (κ1) is 21.4. The molecule has 1 saturated heterocycles. The van der Waals surface area contributed by atoms with Crippen LogP contribution in [0.3, 0.4) is 0 Å². The molecule has 4 atom stereocenters. The molecule has 1 aromatic heterocycles. The number of carboxylic acid groups (broad SMARTS) is 1. The van der Waals surface area contributed by atoms with E-state index < -0.39 is 5.97 Å². The Morgan fingerprint density at radius 2 is 2.06 bits per heavy atom. The summed E-state index contributed by atoms with van der Waals surface area (Å²) < 4.78 is 19.8. The Kier molecular flexibility index (Phi) is 6.62. The Hall–Kier alpha value is -2.79. The average molecular weight is 422 g/mol. The highest BCUT2D eigenvalue weighted by atomic mass is 19.1. The van der Waals surface area contributed by atoms with Crippen LogP contribution in [0, 0.1) is 17.7 Å². The summed E-state index contributed by atoms with van der Waals surface area (Å²) in [6.07, 6.45) is 13.9. The number of benzene rings is 1. The largest absolute Gasteiger partial charge is 0.481 e. The molecule has 2 aromatic rings. The van der Waals surface area contributed by atoms with Gasteiger partial charge in [0, 0.05) is 24.0 Å². The summed E-state index contributed by atoms with van der Waals surface area (Å²) in [6, 6.07) is 12.7. The van der Waals surface area contributed by atoms with Crippen molar-refractivity contribution in [1.82, 2.24) is 4.98 Å². The van der Waals surface area contributed by atoms with Gasteiger partial charge in [0.15, 0.2) is 0 Å². The molecule has 4 nitrogen and oxygen atoms in total. The summed E-state index contributed by atoms with van der Waals surface area (Å²) in [6.45, 7) is 0.648. The topological polar surface area (TPSA) is 59.4 Å². The third kappa shape index (κ3) is 4.77. The van der Waals surface area contributed by atoms with E-state index in [4.69, 9.17) is 9.84 Å². The van der Waals surface area contributed by atoms with Crippen molar-refractivity contribution in [2.24, 2.45) is 11.8 Å². The van der Waals surface area contributed by atoms with Crippen molar-refractivity contribution >= 4 is 12.0 Å². The van der Waals surface area contributed by atoms with Gasteiger partial charge in [0.2, 0.25) is 0 Å². The number of aliphatic carboxylic acids is 1. The summed E-state index contributed by atoms with van der Waals surface area (Å²) in [5.74, 6) is -0.416. The van der Waals surface area contributed by atoms with Gasteiger partial charge in [-0.15, -0.1) is 0 Å².